The van der Waals surface area contributed by atoms with E-state index in [1.54, 1.807) is 0 Å². The minimum absolute atomic E-state index is 0.0891. The van der Waals surface area contributed by atoms with Gasteiger partial charge in [0.2, 0.25) is 0 Å². The Bertz CT molecular complexity index is 459. The van der Waals surface area contributed by atoms with Gasteiger partial charge in [0.1, 0.15) is 0 Å². The van der Waals surface area contributed by atoms with Gasteiger partial charge in [-0.1, -0.05) is 30.3 Å². The van der Waals surface area contributed by atoms with Gasteiger partial charge in [-0.15, -0.1) is 5.48 Å². The lowest BCUT2D eigenvalue weighted by atomic mass is 9.76. The lowest BCUT2D eigenvalue weighted by molar-refractivity contribution is -0.165. The molecule has 2 aliphatic rings. The van der Waals surface area contributed by atoms with Gasteiger partial charge in [-0.2, -0.15) is 0 Å². The van der Waals surface area contributed by atoms with Gasteiger partial charge in [-0.05, 0) is 50.0 Å². The van der Waals surface area contributed by atoms with Crippen molar-refractivity contribution < 1.29 is 9.63 Å². The predicted octanol–water partition coefficient (Wildman–Crippen LogP) is 3.06. The van der Waals surface area contributed by atoms with Crippen LogP contribution < -0.4 is 5.48 Å². The van der Waals surface area contributed by atoms with Gasteiger partial charge in [0, 0.05) is 0 Å². The number of nitrogens with one attached hydrogen (secondary N) is 1. The van der Waals surface area contributed by atoms with Crippen molar-refractivity contribution in [2.24, 2.45) is 17.3 Å². The molecule has 0 radical (unpaired) electrons. The summed E-state index contributed by atoms with van der Waals surface area (Å²) < 4.78 is 0. The third-order valence-corrected chi connectivity index (χ3v) is 4.63. The molecule has 1 N–H and O–H groups in total. The second kappa shape index (κ2) is 4.97. The fourth-order valence-electron chi connectivity index (χ4n) is 3.19. The first-order chi connectivity index (χ1) is 9.17. The summed E-state index contributed by atoms with van der Waals surface area (Å²) in [6.07, 6.45) is 4.48. The molecule has 3 atom stereocenters. The Morgan fingerprint density at radius 2 is 2.16 bits per heavy atom. The molecule has 2 saturated carbocycles. The minimum atomic E-state index is -0.276. The SMILES string of the molecule is CC1(C(=O)ONCc2ccccc2)CCC2CC2C1. The highest BCUT2D eigenvalue weighted by molar-refractivity contribution is 5.76. The van der Waals surface area contributed by atoms with Gasteiger partial charge in [0.15, 0.2) is 0 Å². The highest BCUT2D eigenvalue weighted by Gasteiger charge is 2.50. The predicted molar refractivity (Wildman–Crippen MR) is 72.9 cm³/mol. The first-order valence-corrected chi connectivity index (χ1v) is 7.15. The number of hydrogen-bond donors (Lipinski definition) is 1. The molecule has 3 unspecified atom stereocenters. The molecule has 2 aliphatic carbocycles. The standard InChI is InChI=1S/C16H21NO2/c1-16(8-7-13-9-14(13)10-16)15(18)19-17-11-12-5-3-2-4-6-12/h2-6,13-14,17H,7-11H2,1H3. The van der Waals surface area contributed by atoms with Crippen LogP contribution >= 0.6 is 0 Å². The molecule has 0 amide bonds. The molecule has 0 aliphatic heterocycles. The minimum Gasteiger partial charge on any atom is -0.370 e. The average Bonchev–Trinajstić information content (AvgIpc) is 3.18. The molecule has 1 aromatic rings. The van der Waals surface area contributed by atoms with Crippen molar-refractivity contribution in [2.45, 2.75) is 39.2 Å². The van der Waals surface area contributed by atoms with E-state index in [-0.39, 0.29) is 11.4 Å². The Kier molecular flexibility index (Phi) is 3.31. The van der Waals surface area contributed by atoms with Crippen molar-refractivity contribution >= 4 is 5.97 Å². The van der Waals surface area contributed by atoms with E-state index < -0.39 is 0 Å². The normalized spacial score (nSPS) is 32.5. The number of carbonyl (C=O) groups excluding carboxylic acids is 1. The van der Waals surface area contributed by atoms with E-state index in [1.807, 2.05) is 37.3 Å². The Hall–Kier alpha value is -1.35. The smallest absolute Gasteiger partial charge is 0.330 e. The molecule has 0 spiro atoms. The second-order valence-electron chi connectivity index (χ2n) is 6.26. The molecule has 0 heterocycles. The summed E-state index contributed by atoms with van der Waals surface area (Å²) in [6, 6.07) is 9.96. The highest BCUT2D eigenvalue weighted by atomic mass is 16.7. The maximum Gasteiger partial charge on any atom is 0.330 e. The van der Waals surface area contributed by atoms with Crippen LogP contribution in [-0.2, 0) is 16.2 Å². The number of hydroxylamine groups is 1. The van der Waals surface area contributed by atoms with Crippen molar-refractivity contribution in [3.8, 4) is 0 Å². The maximum absolute atomic E-state index is 12.2. The highest BCUT2D eigenvalue weighted by Crippen LogP contribution is 2.55. The monoisotopic (exact) mass is 259 g/mol. The van der Waals surface area contributed by atoms with Crippen molar-refractivity contribution in [1.29, 1.82) is 0 Å². The third-order valence-electron chi connectivity index (χ3n) is 4.63. The molecule has 3 nitrogen and oxygen atoms in total. The van der Waals surface area contributed by atoms with Crippen LogP contribution in [0.25, 0.3) is 0 Å². The largest absolute Gasteiger partial charge is 0.370 e. The van der Waals surface area contributed by atoms with Crippen LogP contribution in [0.2, 0.25) is 0 Å². The van der Waals surface area contributed by atoms with Gasteiger partial charge >= 0.3 is 5.97 Å². The number of rotatable bonds is 4. The zero-order valence-electron chi connectivity index (χ0n) is 11.4. The Morgan fingerprint density at radius 1 is 1.37 bits per heavy atom. The fraction of sp³-hybridized carbons (Fsp3) is 0.562. The van der Waals surface area contributed by atoms with E-state index >= 15 is 0 Å². The Morgan fingerprint density at radius 3 is 2.89 bits per heavy atom. The average molecular weight is 259 g/mol. The number of hydrogen-bond acceptors (Lipinski definition) is 3. The van der Waals surface area contributed by atoms with Crippen LogP contribution in [0.5, 0.6) is 0 Å². The third kappa shape index (κ3) is 2.81. The zero-order chi connectivity index (χ0) is 13.3. The molecule has 0 saturated heterocycles. The first kappa shape index (κ1) is 12.7. The number of benzene rings is 1. The van der Waals surface area contributed by atoms with Crippen molar-refractivity contribution in [3.63, 3.8) is 0 Å². The molecule has 0 aromatic heterocycles. The van der Waals surface area contributed by atoms with Gasteiger partial charge in [-0.25, -0.2) is 4.79 Å². The Balaban J connectivity index is 1.48. The molecule has 3 rings (SSSR count). The van der Waals surface area contributed by atoms with Crippen LogP contribution in [0.4, 0.5) is 0 Å². The van der Waals surface area contributed by atoms with Gasteiger partial charge in [0.05, 0.1) is 12.0 Å². The first-order valence-electron chi connectivity index (χ1n) is 7.15. The van der Waals surface area contributed by atoms with Gasteiger partial charge in [0.25, 0.3) is 0 Å². The quantitative estimate of drug-likeness (QED) is 0.845. The zero-order valence-corrected chi connectivity index (χ0v) is 11.4. The van der Waals surface area contributed by atoms with Gasteiger partial charge in [-0.3, -0.25) is 0 Å². The van der Waals surface area contributed by atoms with Crippen molar-refractivity contribution in [1.82, 2.24) is 5.48 Å². The number of carbonyl (C=O) groups is 1. The van der Waals surface area contributed by atoms with Crippen molar-refractivity contribution in [3.05, 3.63) is 35.9 Å². The topological polar surface area (TPSA) is 38.3 Å². The van der Waals surface area contributed by atoms with Crippen LogP contribution in [0.15, 0.2) is 30.3 Å². The summed E-state index contributed by atoms with van der Waals surface area (Å²) in [5.41, 5.74) is 3.64. The van der Waals surface area contributed by atoms with Crippen LogP contribution in [0.1, 0.15) is 38.2 Å². The molecule has 19 heavy (non-hydrogen) atoms. The van der Waals surface area contributed by atoms with E-state index in [2.05, 4.69) is 5.48 Å². The second-order valence-corrected chi connectivity index (χ2v) is 6.26. The molecule has 1 aromatic carbocycles. The Labute approximate surface area is 114 Å². The van der Waals surface area contributed by atoms with E-state index in [0.29, 0.717) is 6.54 Å². The summed E-state index contributed by atoms with van der Waals surface area (Å²) in [4.78, 5) is 17.5. The fourth-order valence-corrected chi connectivity index (χ4v) is 3.19. The van der Waals surface area contributed by atoms with Gasteiger partial charge < -0.3 is 4.84 Å². The molecular formula is C16H21NO2. The maximum atomic E-state index is 12.2. The van der Waals surface area contributed by atoms with Crippen LogP contribution in [0.3, 0.4) is 0 Å². The van der Waals surface area contributed by atoms with E-state index in [0.717, 1.165) is 30.2 Å². The summed E-state index contributed by atoms with van der Waals surface area (Å²) in [7, 11) is 0. The summed E-state index contributed by atoms with van der Waals surface area (Å²) >= 11 is 0. The van der Waals surface area contributed by atoms with E-state index in [9.17, 15) is 4.79 Å². The summed E-state index contributed by atoms with van der Waals surface area (Å²) in [5.74, 6) is 1.59. The molecule has 0 bridgehead atoms. The van der Waals surface area contributed by atoms with Crippen molar-refractivity contribution in [2.75, 3.05) is 0 Å². The molecule has 3 heteroatoms. The summed E-state index contributed by atoms with van der Waals surface area (Å²) in [5, 5.41) is 0. The van der Waals surface area contributed by atoms with E-state index in [4.69, 9.17) is 4.84 Å². The molecule has 2 fully saturated rings. The summed E-state index contributed by atoms with van der Waals surface area (Å²) in [6.45, 7) is 2.61. The van der Waals surface area contributed by atoms with E-state index in [1.165, 1.54) is 12.8 Å². The number of fused-ring (bicyclic) bond motifs is 1. The molecular weight excluding hydrogens is 238 g/mol. The molecule has 102 valence electrons. The lowest BCUT2D eigenvalue weighted by Gasteiger charge is -2.30. The lowest BCUT2D eigenvalue weighted by Crippen LogP contribution is -2.36. The van der Waals surface area contributed by atoms with Crippen LogP contribution in [0, 0.1) is 17.3 Å². The van der Waals surface area contributed by atoms with Crippen LogP contribution in [-0.4, -0.2) is 5.97 Å².